The van der Waals surface area contributed by atoms with Gasteiger partial charge in [0, 0.05) is 44.7 Å². The van der Waals surface area contributed by atoms with Gasteiger partial charge in [0.2, 0.25) is 0 Å². The zero-order valence-corrected chi connectivity index (χ0v) is 19.3. The van der Waals surface area contributed by atoms with E-state index in [1.54, 1.807) is 0 Å². The van der Waals surface area contributed by atoms with Gasteiger partial charge in [0.25, 0.3) is 0 Å². The van der Waals surface area contributed by atoms with Crippen LogP contribution in [-0.2, 0) is 6.54 Å². The van der Waals surface area contributed by atoms with Crippen LogP contribution in [0.4, 0.5) is 5.82 Å². The summed E-state index contributed by atoms with van der Waals surface area (Å²) in [4.78, 5) is 5.07. The van der Waals surface area contributed by atoms with E-state index in [0.717, 1.165) is 74.3 Å². The van der Waals surface area contributed by atoms with Crippen LogP contribution in [0.3, 0.4) is 0 Å². The number of piperidine rings is 1. The van der Waals surface area contributed by atoms with Gasteiger partial charge in [0.05, 0.1) is 12.0 Å². The molecular weight excluding hydrogens is 412 g/mol. The highest BCUT2D eigenvalue weighted by atomic mass is 16.5. The lowest BCUT2D eigenvalue weighted by Gasteiger charge is -2.46. The molecule has 0 amide bonds. The summed E-state index contributed by atoms with van der Waals surface area (Å²) in [7, 11) is 0. The molecule has 0 radical (unpaired) electrons. The van der Waals surface area contributed by atoms with Crippen molar-refractivity contribution in [1.82, 2.24) is 15.4 Å². The summed E-state index contributed by atoms with van der Waals surface area (Å²) in [5.74, 6) is 3.52. The number of nitrogens with zero attached hydrogens (tertiary/aromatic N) is 3. The van der Waals surface area contributed by atoms with Gasteiger partial charge in [-0.3, -0.25) is 4.90 Å². The summed E-state index contributed by atoms with van der Waals surface area (Å²) < 4.78 is 11.8. The zero-order valence-electron chi connectivity index (χ0n) is 19.3. The quantitative estimate of drug-likeness (QED) is 0.557. The van der Waals surface area contributed by atoms with Crippen LogP contribution < -0.4 is 15.0 Å². The van der Waals surface area contributed by atoms with E-state index < -0.39 is 0 Å². The topological polar surface area (TPSA) is 53.8 Å². The highest BCUT2D eigenvalue weighted by Gasteiger charge is 2.34. The van der Waals surface area contributed by atoms with Crippen molar-refractivity contribution in [3.63, 3.8) is 0 Å². The van der Waals surface area contributed by atoms with E-state index in [1.807, 2.05) is 12.1 Å². The molecule has 1 saturated carbocycles. The number of nitrogens with one attached hydrogen (secondary N) is 1. The molecule has 0 unspecified atom stereocenters. The Labute approximate surface area is 195 Å². The number of ether oxygens (including phenoxy) is 1. The number of aromatic nitrogens is 1. The van der Waals surface area contributed by atoms with Gasteiger partial charge >= 0.3 is 0 Å². The van der Waals surface area contributed by atoms with E-state index in [1.165, 1.54) is 31.2 Å². The SMILES string of the molecule is c1cc(CNCC2CC2)cc(OC[C@@H]2CC[C@H]3CN(c4noc5ccccc45)CCN3C2)c1. The Kier molecular flexibility index (Phi) is 5.95. The maximum atomic E-state index is 6.25. The van der Waals surface area contributed by atoms with E-state index in [-0.39, 0.29) is 0 Å². The van der Waals surface area contributed by atoms with Crippen LogP contribution >= 0.6 is 0 Å². The second-order valence-electron chi connectivity index (χ2n) is 10.1. The summed E-state index contributed by atoms with van der Waals surface area (Å²) in [5, 5.41) is 9.08. The molecule has 1 aromatic heterocycles. The van der Waals surface area contributed by atoms with Crippen molar-refractivity contribution < 1.29 is 9.26 Å². The first kappa shape index (κ1) is 21.0. The molecule has 2 aromatic carbocycles. The molecule has 3 aromatic rings. The lowest BCUT2D eigenvalue weighted by Crippen LogP contribution is -2.57. The number of hydrogen-bond acceptors (Lipinski definition) is 6. The van der Waals surface area contributed by atoms with Crippen LogP contribution in [0.25, 0.3) is 11.0 Å². The number of piperazine rings is 1. The van der Waals surface area contributed by atoms with Crippen molar-refractivity contribution in [1.29, 1.82) is 0 Å². The molecule has 2 atom stereocenters. The Balaban J connectivity index is 0.999. The molecule has 1 N–H and O–H groups in total. The van der Waals surface area contributed by atoms with Gasteiger partial charge in [-0.2, -0.15) is 0 Å². The van der Waals surface area contributed by atoms with Crippen LogP contribution in [0, 0.1) is 11.8 Å². The normalized spacial score (nSPS) is 23.6. The fourth-order valence-electron chi connectivity index (χ4n) is 5.39. The highest BCUT2D eigenvalue weighted by molar-refractivity contribution is 5.88. The summed E-state index contributed by atoms with van der Waals surface area (Å²) in [6.45, 7) is 7.11. The molecule has 3 aliphatic rings. The molecule has 0 spiro atoms. The predicted molar refractivity (Wildman–Crippen MR) is 131 cm³/mol. The van der Waals surface area contributed by atoms with Crippen molar-refractivity contribution in [3.05, 3.63) is 54.1 Å². The second kappa shape index (κ2) is 9.35. The minimum atomic E-state index is 0.589. The average Bonchev–Trinajstić information content (AvgIpc) is 3.58. The summed E-state index contributed by atoms with van der Waals surface area (Å²) >= 11 is 0. The summed E-state index contributed by atoms with van der Waals surface area (Å²) in [5.41, 5.74) is 2.19. The van der Waals surface area contributed by atoms with Crippen molar-refractivity contribution >= 4 is 16.8 Å². The van der Waals surface area contributed by atoms with Crippen LogP contribution in [0.15, 0.2) is 53.1 Å². The zero-order chi connectivity index (χ0) is 22.0. The van der Waals surface area contributed by atoms with Gasteiger partial charge in [-0.15, -0.1) is 0 Å². The first-order valence-corrected chi connectivity index (χ1v) is 12.6. The Hall–Kier alpha value is -2.57. The van der Waals surface area contributed by atoms with Crippen molar-refractivity contribution in [2.45, 2.75) is 38.3 Å². The van der Waals surface area contributed by atoms with Gasteiger partial charge < -0.3 is 19.5 Å². The maximum absolute atomic E-state index is 6.25. The second-order valence-corrected chi connectivity index (χ2v) is 10.1. The highest BCUT2D eigenvalue weighted by Crippen LogP contribution is 2.31. The number of benzene rings is 2. The van der Waals surface area contributed by atoms with E-state index >= 15 is 0 Å². The van der Waals surface area contributed by atoms with Crippen molar-refractivity contribution in [2.75, 3.05) is 44.2 Å². The van der Waals surface area contributed by atoms with Gasteiger partial charge in [0.15, 0.2) is 11.4 Å². The third kappa shape index (κ3) is 4.87. The van der Waals surface area contributed by atoms with E-state index in [4.69, 9.17) is 9.26 Å². The van der Waals surface area contributed by atoms with Gasteiger partial charge in [-0.1, -0.05) is 29.4 Å². The van der Waals surface area contributed by atoms with Crippen molar-refractivity contribution in [3.8, 4) is 5.75 Å². The fourth-order valence-corrected chi connectivity index (χ4v) is 5.39. The molecule has 3 heterocycles. The molecular formula is C27H34N4O2. The number of para-hydroxylation sites is 1. The van der Waals surface area contributed by atoms with Crippen LogP contribution in [0.2, 0.25) is 0 Å². The van der Waals surface area contributed by atoms with Gasteiger partial charge in [0.1, 0.15) is 5.75 Å². The first-order chi connectivity index (χ1) is 16.3. The minimum absolute atomic E-state index is 0.589. The fraction of sp³-hybridized carbons (Fsp3) is 0.519. The maximum Gasteiger partial charge on any atom is 0.180 e. The molecule has 3 fully saturated rings. The Morgan fingerprint density at radius 2 is 1.88 bits per heavy atom. The first-order valence-electron chi connectivity index (χ1n) is 12.6. The molecule has 2 aliphatic heterocycles. The van der Waals surface area contributed by atoms with Crippen LogP contribution in [0.1, 0.15) is 31.2 Å². The third-order valence-electron chi connectivity index (χ3n) is 7.51. The Bertz CT molecular complexity index is 1080. The van der Waals surface area contributed by atoms with Crippen LogP contribution in [-0.4, -0.2) is 55.4 Å². The predicted octanol–water partition coefficient (Wildman–Crippen LogP) is 4.31. The van der Waals surface area contributed by atoms with Crippen LogP contribution in [0.5, 0.6) is 5.75 Å². The summed E-state index contributed by atoms with van der Waals surface area (Å²) in [6, 6.07) is 17.4. The lowest BCUT2D eigenvalue weighted by molar-refractivity contribution is 0.0726. The Morgan fingerprint density at radius 3 is 2.82 bits per heavy atom. The molecule has 6 heteroatoms. The number of hydrogen-bond donors (Lipinski definition) is 1. The van der Waals surface area contributed by atoms with E-state index in [0.29, 0.717) is 12.0 Å². The third-order valence-corrected chi connectivity index (χ3v) is 7.51. The largest absolute Gasteiger partial charge is 0.493 e. The Morgan fingerprint density at radius 1 is 0.970 bits per heavy atom. The number of anilines is 1. The monoisotopic (exact) mass is 446 g/mol. The van der Waals surface area contributed by atoms with E-state index in [2.05, 4.69) is 56.7 Å². The van der Waals surface area contributed by atoms with E-state index in [9.17, 15) is 0 Å². The molecule has 0 bridgehead atoms. The molecule has 2 saturated heterocycles. The van der Waals surface area contributed by atoms with Gasteiger partial charge in [-0.05, 0) is 68.0 Å². The van der Waals surface area contributed by atoms with Gasteiger partial charge in [-0.25, -0.2) is 0 Å². The molecule has 6 rings (SSSR count). The molecule has 6 nitrogen and oxygen atoms in total. The standard InChI is InChI=1S/C27H34N4O2/c1-2-7-26-25(6-1)27(29-33-26)31-13-12-30-17-22(10-11-23(30)18-31)19-32-24-5-3-4-21(14-24)16-28-15-20-8-9-20/h1-7,14,20,22-23,28H,8-13,15-19H2/t22-,23+/m1/s1. The lowest BCUT2D eigenvalue weighted by atomic mass is 9.91. The number of rotatable bonds is 8. The molecule has 33 heavy (non-hydrogen) atoms. The summed E-state index contributed by atoms with van der Waals surface area (Å²) in [6.07, 6.45) is 5.22. The molecule has 1 aliphatic carbocycles. The van der Waals surface area contributed by atoms with Crippen molar-refractivity contribution in [2.24, 2.45) is 11.8 Å². The smallest absolute Gasteiger partial charge is 0.180 e. The average molecular weight is 447 g/mol. The minimum Gasteiger partial charge on any atom is -0.493 e. The number of fused-ring (bicyclic) bond motifs is 2. The molecule has 174 valence electrons.